The zero-order valence-corrected chi connectivity index (χ0v) is 19.5. The molecule has 34 heavy (non-hydrogen) atoms. The van der Waals surface area contributed by atoms with Crippen LogP contribution in [0.25, 0.3) is 5.82 Å². The van der Waals surface area contributed by atoms with E-state index in [4.69, 9.17) is 10.5 Å². The number of rotatable bonds is 6. The Hall–Kier alpha value is -4.25. The molecule has 0 saturated heterocycles. The molecule has 0 bridgehead atoms. The molecule has 0 spiro atoms. The maximum absolute atomic E-state index is 13.1. The number of pyridine rings is 2. The van der Waals surface area contributed by atoms with Crippen LogP contribution < -0.4 is 15.2 Å². The summed E-state index contributed by atoms with van der Waals surface area (Å²) in [5.41, 5.74) is 8.24. The molecule has 0 fully saturated rings. The highest BCUT2D eigenvalue weighted by Crippen LogP contribution is 2.31. The van der Waals surface area contributed by atoms with Gasteiger partial charge < -0.3 is 10.5 Å². The maximum Gasteiger partial charge on any atom is 0.281 e. The highest BCUT2D eigenvalue weighted by molar-refractivity contribution is 7.90. The molecule has 3 N–H and O–H groups in total. The molecule has 3 heterocycles. The SMILES string of the molecule is Cc1cc(C)c(Oc2nc(-n3cccn3)ccc2C(=O)NS(=O)(=O)c2cccc(N)n2)c(C)c1. The minimum Gasteiger partial charge on any atom is -0.438 e. The van der Waals surface area contributed by atoms with E-state index in [2.05, 4.69) is 15.1 Å². The summed E-state index contributed by atoms with van der Waals surface area (Å²) in [6.45, 7) is 5.72. The molecule has 0 aliphatic rings. The fourth-order valence-electron chi connectivity index (χ4n) is 3.45. The van der Waals surface area contributed by atoms with Gasteiger partial charge in [0, 0.05) is 12.4 Å². The highest BCUT2D eigenvalue weighted by Gasteiger charge is 2.25. The molecule has 0 aliphatic carbocycles. The van der Waals surface area contributed by atoms with Gasteiger partial charge in [0.2, 0.25) is 5.88 Å². The van der Waals surface area contributed by atoms with E-state index < -0.39 is 15.9 Å². The number of sulfonamides is 1. The minimum atomic E-state index is -4.29. The monoisotopic (exact) mass is 478 g/mol. The lowest BCUT2D eigenvalue weighted by atomic mass is 10.1. The Labute approximate surface area is 196 Å². The van der Waals surface area contributed by atoms with Crippen molar-refractivity contribution in [3.05, 3.63) is 83.2 Å². The quantitative estimate of drug-likeness (QED) is 0.430. The molecule has 1 aromatic carbocycles. The van der Waals surface area contributed by atoms with Gasteiger partial charge in [0.05, 0.1) is 0 Å². The molecule has 0 aliphatic heterocycles. The van der Waals surface area contributed by atoms with Crippen molar-refractivity contribution in [2.75, 3.05) is 5.73 Å². The van der Waals surface area contributed by atoms with Gasteiger partial charge in [-0.2, -0.15) is 18.5 Å². The number of anilines is 1. The van der Waals surface area contributed by atoms with Crippen LogP contribution >= 0.6 is 0 Å². The number of aromatic nitrogens is 4. The number of carbonyl (C=O) groups is 1. The van der Waals surface area contributed by atoms with E-state index in [0.29, 0.717) is 11.6 Å². The minimum absolute atomic E-state index is 0.00918. The predicted molar refractivity (Wildman–Crippen MR) is 125 cm³/mol. The molecule has 0 saturated carbocycles. The number of nitrogens with one attached hydrogen (secondary N) is 1. The summed E-state index contributed by atoms with van der Waals surface area (Å²) >= 11 is 0. The van der Waals surface area contributed by atoms with Gasteiger partial charge in [-0.3, -0.25) is 4.79 Å². The van der Waals surface area contributed by atoms with Crippen molar-refractivity contribution in [3.8, 4) is 17.4 Å². The largest absolute Gasteiger partial charge is 0.438 e. The second-order valence-corrected chi connectivity index (χ2v) is 9.27. The lowest BCUT2D eigenvalue weighted by Crippen LogP contribution is -2.31. The van der Waals surface area contributed by atoms with Gasteiger partial charge in [-0.15, -0.1) is 0 Å². The second kappa shape index (κ2) is 8.94. The lowest BCUT2D eigenvalue weighted by Gasteiger charge is -2.16. The van der Waals surface area contributed by atoms with E-state index in [9.17, 15) is 13.2 Å². The van der Waals surface area contributed by atoms with Crippen LogP contribution in [0.3, 0.4) is 0 Å². The van der Waals surface area contributed by atoms with Crippen molar-refractivity contribution in [1.29, 1.82) is 0 Å². The van der Waals surface area contributed by atoms with Gasteiger partial charge in [-0.05, 0) is 62.2 Å². The number of amides is 1. The summed E-state index contributed by atoms with van der Waals surface area (Å²) in [5, 5.41) is 3.77. The van der Waals surface area contributed by atoms with Crippen molar-refractivity contribution in [1.82, 2.24) is 24.5 Å². The number of benzene rings is 1. The lowest BCUT2D eigenvalue weighted by molar-refractivity contribution is 0.0978. The standard InChI is InChI=1S/C23H22N6O4S/c1-14-12-15(2)21(16(3)13-14)33-23-17(8-9-19(27-23)29-11-5-10-25-29)22(30)28-34(31,32)20-7-4-6-18(24)26-20/h4-13H,1-3H3,(H2,24,26)(H,28,30). The second-order valence-electron chi connectivity index (χ2n) is 7.64. The van der Waals surface area contributed by atoms with Gasteiger partial charge in [0.15, 0.2) is 10.8 Å². The fourth-order valence-corrected chi connectivity index (χ4v) is 4.39. The third-order valence-corrected chi connectivity index (χ3v) is 6.11. The molecule has 11 heteroatoms. The van der Waals surface area contributed by atoms with E-state index in [1.54, 1.807) is 18.5 Å². The van der Waals surface area contributed by atoms with E-state index in [1.165, 1.54) is 35.0 Å². The third-order valence-electron chi connectivity index (χ3n) is 4.88. The summed E-state index contributed by atoms with van der Waals surface area (Å²) in [7, 11) is -4.29. The van der Waals surface area contributed by atoms with Gasteiger partial charge in [-0.25, -0.2) is 14.4 Å². The van der Waals surface area contributed by atoms with Gasteiger partial charge in [-0.1, -0.05) is 23.8 Å². The van der Waals surface area contributed by atoms with Crippen LogP contribution in [-0.2, 0) is 10.0 Å². The number of aryl methyl sites for hydroxylation is 3. The first-order valence-electron chi connectivity index (χ1n) is 10.2. The van der Waals surface area contributed by atoms with E-state index in [1.807, 2.05) is 37.6 Å². The fraction of sp³-hybridized carbons (Fsp3) is 0.130. The van der Waals surface area contributed by atoms with Crippen LogP contribution in [-0.4, -0.2) is 34.1 Å². The molecular formula is C23H22N6O4S. The molecule has 174 valence electrons. The Morgan fingerprint density at radius 1 is 1.03 bits per heavy atom. The summed E-state index contributed by atoms with van der Waals surface area (Å²) in [6, 6.07) is 12.7. The third kappa shape index (κ3) is 4.74. The topological polar surface area (TPSA) is 142 Å². The normalized spacial score (nSPS) is 11.3. The van der Waals surface area contributed by atoms with E-state index >= 15 is 0 Å². The Kier molecular flexibility index (Phi) is 6.03. The molecule has 3 aromatic heterocycles. The molecule has 10 nitrogen and oxygen atoms in total. The smallest absolute Gasteiger partial charge is 0.281 e. The van der Waals surface area contributed by atoms with Crippen molar-refractivity contribution in [3.63, 3.8) is 0 Å². The summed E-state index contributed by atoms with van der Waals surface area (Å²) in [4.78, 5) is 21.3. The molecule has 4 rings (SSSR count). The number of hydrogen-bond acceptors (Lipinski definition) is 8. The zero-order chi connectivity index (χ0) is 24.5. The van der Waals surface area contributed by atoms with E-state index in [0.717, 1.165) is 16.7 Å². The van der Waals surface area contributed by atoms with Crippen LogP contribution in [0.5, 0.6) is 11.6 Å². The van der Waals surface area contributed by atoms with Crippen LogP contribution in [0.2, 0.25) is 0 Å². The van der Waals surface area contributed by atoms with Gasteiger partial charge in [0.1, 0.15) is 17.1 Å². The Morgan fingerprint density at radius 2 is 1.76 bits per heavy atom. The molecule has 0 radical (unpaired) electrons. The zero-order valence-electron chi connectivity index (χ0n) is 18.7. The number of nitrogens with zero attached hydrogens (tertiary/aromatic N) is 4. The number of carbonyl (C=O) groups excluding carboxylic acids is 1. The Balaban J connectivity index is 1.75. The predicted octanol–water partition coefficient (Wildman–Crippen LogP) is 3.08. The number of hydrogen-bond donors (Lipinski definition) is 2. The first-order chi connectivity index (χ1) is 16.1. The molecule has 1 amide bonds. The van der Waals surface area contributed by atoms with Crippen LogP contribution in [0.1, 0.15) is 27.0 Å². The number of nitrogen functional groups attached to an aromatic ring is 1. The Morgan fingerprint density at radius 3 is 2.41 bits per heavy atom. The maximum atomic E-state index is 13.1. The average Bonchev–Trinajstić information content (AvgIpc) is 3.31. The van der Waals surface area contributed by atoms with Crippen molar-refractivity contribution >= 4 is 21.7 Å². The first-order valence-corrected chi connectivity index (χ1v) is 11.7. The molecule has 0 unspecified atom stereocenters. The molecular weight excluding hydrogens is 456 g/mol. The summed E-state index contributed by atoms with van der Waals surface area (Å²) in [5.74, 6) is -0.0863. The number of nitrogens with two attached hydrogens (primary N) is 1. The van der Waals surface area contributed by atoms with Gasteiger partial charge in [0.25, 0.3) is 15.9 Å². The summed E-state index contributed by atoms with van der Waals surface area (Å²) < 4.78 is 35.0. The van der Waals surface area contributed by atoms with Gasteiger partial charge >= 0.3 is 0 Å². The van der Waals surface area contributed by atoms with Crippen LogP contribution in [0.15, 0.2) is 66.0 Å². The van der Waals surface area contributed by atoms with Crippen molar-refractivity contribution < 1.29 is 17.9 Å². The van der Waals surface area contributed by atoms with E-state index in [-0.39, 0.29) is 22.3 Å². The number of ether oxygens (including phenoxy) is 1. The Bertz CT molecular complexity index is 1460. The van der Waals surface area contributed by atoms with Crippen molar-refractivity contribution in [2.45, 2.75) is 25.8 Å². The average molecular weight is 479 g/mol. The summed E-state index contributed by atoms with van der Waals surface area (Å²) in [6.07, 6.45) is 3.27. The first kappa shape index (κ1) is 22.9. The van der Waals surface area contributed by atoms with Crippen LogP contribution in [0, 0.1) is 20.8 Å². The van der Waals surface area contributed by atoms with Crippen molar-refractivity contribution in [2.24, 2.45) is 0 Å². The molecule has 0 atom stereocenters. The van der Waals surface area contributed by atoms with Crippen LogP contribution in [0.4, 0.5) is 5.82 Å². The highest BCUT2D eigenvalue weighted by atomic mass is 32.2. The molecule has 4 aromatic rings.